The van der Waals surface area contributed by atoms with E-state index >= 15 is 0 Å². The van der Waals surface area contributed by atoms with Crippen LogP contribution in [0.5, 0.6) is 5.75 Å². The van der Waals surface area contributed by atoms with Crippen LogP contribution in [0.1, 0.15) is 26.5 Å². The molecule has 3 heterocycles. The summed E-state index contributed by atoms with van der Waals surface area (Å²) in [7, 11) is 0. The Morgan fingerprint density at radius 1 is 1.22 bits per heavy atom. The van der Waals surface area contributed by atoms with Gasteiger partial charge in [0, 0.05) is 23.5 Å². The number of fused-ring (bicyclic) bond motifs is 1. The van der Waals surface area contributed by atoms with Crippen molar-refractivity contribution in [3.05, 3.63) is 76.7 Å². The number of hydrogen-bond donors (Lipinski definition) is 1. The van der Waals surface area contributed by atoms with Crippen LogP contribution in [-0.2, 0) is 6.61 Å². The number of carbonyl (C=O) groups is 1. The van der Waals surface area contributed by atoms with Gasteiger partial charge in [0.2, 0.25) is 0 Å². The molecule has 3 aromatic heterocycles. The van der Waals surface area contributed by atoms with Gasteiger partial charge in [-0.1, -0.05) is 18.2 Å². The van der Waals surface area contributed by atoms with E-state index in [9.17, 15) is 4.79 Å². The summed E-state index contributed by atoms with van der Waals surface area (Å²) in [6.07, 6.45) is 5.62. The highest BCUT2D eigenvalue weighted by molar-refractivity contribution is 7.15. The molecule has 1 N–H and O–H groups in total. The lowest BCUT2D eigenvalue weighted by molar-refractivity contribution is 0.102. The maximum absolute atomic E-state index is 12.6. The Hall–Kier alpha value is -3.19. The monoisotopic (exact) mass is 378 g/mol. The number of rotatable bonds is 5. The average molecular weight is 378 g/mol. The Balaban J connectivity index is 1.52. The highest BCUT2D eigenvalue weighted by Crippen LogP contribution is 2.23. The van der Waals surface area contributed by atoms with Crippen LogP contribution in [0.2, 0.25) is 0 Å². The lowest BCUT2D eigenvalue weighted by Gasteiger charge is -2.09. The standard InChI is InChI=1S/C20H18N4O2S/c1-13-6-5-9-24-11-15(22-18(13)24)12-26-17-8-4-3-7-16(17)19(25)23-20-21-10-14(2)27-20/h3-11H,12H2,1-2H3,(H,21,23,25). The third kappa shape index (κ3) is 3.68. The van der Waals surface area contributed by atoms with Crippen LogP contribution < -0.4 is 10.1 Å². The quantitative estimate of drug-likeness (QED) is 0.564. The summed E-state index contributed by atoms with van der Waals surface area (Å²) >= 11 is 1.43. The predicted molar refractivity (Wildman–Crippen MR) is 106 cm³/mol. The number of para-hydroxylation sites is 1. The first kappa shape index (κ1) is 17.2. The Morgan fingerprint density at radius 2 is 2.07 bits per heavy atom. The van der Waals surface area contributed by atoms with Crippen molar-refractivity contribution in [3.8, 4) is 5.75 Å². The molecule has 0 radical (unpaired) electrons. The lowest BCUT2D eigenvalue weighted by Crippen LogP contribution is -2.13. The molecule has 7 heteroatoms. The average Bonchev–Trinajstić information content (AvgIpc) is 3.27. The van der Waals surface area contributed by atoms with E-state index in [0.29, 0.717) is 16.4 Å². The van der Waals surface area contributed by atoms with E-state index in [2.05, 4.69) is 15.3 Å². The molecule has 0 bridgehead atoms. The zero-order chi connectivity index (χ0) is 18.8. The summed E-state index contributed by atoms with van der Waals surface area (Å²) in [5.41, 5.74) is 3.27. The highest BCUT2D eigenvalue weighted by Gasteiger charge is 2.14. The van der Waals surface area contributed by atoms with Gasteiger partial charge in [0.05, 0.1) is 11.3 Å². The van der Waals surface area contributed by atoms with Crippen LogP contribution in [0.25, 0.3) is 5.65 Å². The fourth-order valence-electron chi connectivity index (χ4n) is 2.78. The molecule has 136 valence electrons. The molecular formula is C20H18N4O2S. The molecule has 0 aliphatic carbocycles. The van der Waals surface area contributed by atoms with E-state index in [0.717, 1.165) is 21.8 Å². The summed E-state index contributed by atoms with van der Waals surface area (Å²) in [6, 6.07) is 11.2. The molecule has 4 aromatic rings. The van der Waals surface area contributed by atoms with E-state index < -0.39 is 0 Å². The first-order valence-corrected chi connectivity index (χ1v) is 9.30. The van der Waals surface area contributed by atoms with Crippen molar-refractivity contribution in [1.82, 2.24) is 14.4 Å². The zero-order valence-electron chi connectivity index (χ0n) is 15.0. The first-order valence-electron chi connectivity index (χ1n) is 8.49. The molecule has 1 aromatic carbocycles. The number of ether oxygens (including phenoxy) is 1. The topological polar surface area (TPSA) is 68.5 Å². The number of nitrogens with zero attached hydrogens (tertiary/aromatic N) is 3. The molecule has 4 rings (SSSR count). The number of carbonyl (C=O) groups excluding carboxylic acids is 1. The smallest absolute Gasteiger partial charge is 0.261 e. The summed E-state index contributed by atoms with van der Waals surface area (Å²) in [5.74, 6) is 0.267. The number of aromatic nitrogens is 3. The molecule has 6 nitrogen and oxygen atoms in total. The number of nitrogens with one attached hydrogen (secondary N) is 1. The van der Waals surface area contributed by atoms with E-state index in [-0.39, 0.29) is 12.5 Å². The molecule has 0 saturated carbocycles. The molecule has 0 unspecified atom stereocenters. The van der Waals surface area contributed by atoms with Crippen molar-refractivity contribution in [1.29, 1.82) is 0 Å². The van der Waals surface area contributed by atoms with Gasteiger partial charge in [0.15, 0.2) is 5.13 Å². The third-order valence-electron chi connectivity index (χ3n) is 4.08. The van der Waals surface area contributed by atoms with Crippen LogP contribution in [-0.4, -0.2) is 20.3 Å². The predicted octanol–water partition coefficient (Wildman–Crippen LogP) is 4.24. The Bertz CT molecular complexity index is 1120. The maximum Gasteiger partial charge on any atom is 0.261 e. The molecule has 0 spiro atoms. The lowest BCUT2D eigenvalue weighted by atomic mass is 10.2. The van der Waals surface area contributed by atoms with Crippen molar-refractivity contribution in [3.63, 3.8) is 0 Å². The fraction of sp³-hybridized carbons (Fsp3) is 0.150. The molecular weight excluding hydrogens is 360 g/mol. The molecule has 0 fully saturated rings. The Labute approximate surface area is 160 Å². The zero-order valence-corrected chi connectivity index (χ0v) is 15.8. The van der Waals surface area contributed by atoms with E-state index in [1.165, 1.54) is 11.3 Å². The SMILES string of the molecule is Cc1cnc(NC(=O)c2ccccc2OCc2cn3cccc(C)c3n2)s1. The molecule has 0 atom stereocenters. The first-order chi connectivity index (χ1) is 13.1. The Kier molecular flexibility index (Phi) is 4.60. The molecule has 0 aliphatic rings. The number of thiazole rings is 1. The van der Waals surface area contributed by atoms with Crippen molar-refractivity contribution in [2.45, 2.75) is 20.5 Å². The van der Waals surface area contributed by atoms with Crippen LogP contribution in [0.4, 0.5) is 5.13 Å². The van der Waals surface area contributed by atoms with Gasteiger partial charge in [0.1, 0.15) is 18.0 Å². The van der Waals surface area contributed by atoms with Crippen LogP contribution in [0.3, 0.4) is 0 Å². The minimum absolute atomic E-state index is 0.245. The van der Waals surface area contributed by atoms with Crippen molar-refractivity contribution in [2.24, 2.45) is 0 Å². The Morgan fingerprint density at radius 3 is 2.85 bits per heavy atom. The van der Waals surface area contributed by atoms with Crippen LogP contribution in [0.15, 0.2) is 55.0 Å². The van der Waals surface area contributed by atoms with Gasteiger partial charge in [-0.05, 0) is 37.6 Å². The number of benzene rings is 1. The van der Waals surface area contributed by atoms with Gasteiger partial charge < -0.3 is 9.14 Å². The van der Waals surface area contributed by atoms with Gasteiger partial charge in [-0.25, -0.2) is 9.97 Å². The van der Waals surface area contributed by atoms with Crippen LogP contribution in [0, 0.1) is 13.8 Å². The van der Waals surface area contributed by atoms with Gasteiger partial charge in [0.25, 0.3) is 5.91 Å². The fourth-order valence-corrected chi connectivity index (χ4v) is 3.44. The van der Waals surface area contributed by atoms with E-state index in [4.69, 9.17) is 4.74 Å². The second kappa shape index (κ2) is 7.20. The minimum atomic E-state index is -0.245. The summed E-state index contributed by atoms with van der Waals surface area (Å²) in [5, 5.41) is 3.39. The number of amides is 1. The summed E-state index contributed by atoms with van der Waals surface area (Å²) in [6.45, 7) is 4.25. The van der Waals surface area contributed by atoms with Gasteiger partial charge in [-0.15, -0.1) is 11.3 Å². The third-order valence-corrected chi connectivity index (χ3v) is 4.90. The van der Waals surface area contributed by atoms with Gasteiger partial charge in [-0.2, -0.15) is 0 Å². The van der Waals surface area contributed by atoms with E-state index in [1.807, 2.05) is 54.9 Å². The number of pyridine rings is 1. The minimum Gasteiger partial charge on any atom is -0.486 e. The number of imidazole rings is 1. The molecule has 1 amide bonds. The van der Waals surface area contributed by atoms with Crippen LogP contribution >= 0.6 is 11.3 Å². The maximum atomic E-state index is 12.6. The van der Waals surface area contributed by atoms with Crippen molar-refractivity contribution < 1.29 is 9.53 Å². The second-order valence-corrected chi connectivity index (χ2v) is 7.40. The summed E-state index contributed by atoms with van der Waals surface area (Å²) < 4.78 is 7.87. The highest BCUT2D eigenvalue weighted by atomic mass is 32.1. The second-order valence-electron chi connectivity index (χ2n) is 6.17. The molecule has 0 saturated heterocycles. The number of hydrogen-bond acceptors (Lipinski definition) is 5. The van der Waals surface area contributed by atoms with Gasteiger partial charge >= 0.3 is 0 Å². The van der Waals surface area contributed by atoms with Crippen molar-refractivity contribution in [2.75, 3.05) is 5.32 Å². The number of aryl methyl sites for hydroxylation is 2. The number of anilines is 1. The molecule has 0 aliphatic heterocycles. The van der Waals surface area contributed by atoms with E-state index in [1.54, 1.807) is 18.3 Å². The summed E-state index contributed by atoms with van der Waals surface area (Å²) in [4.78, 5) is 22.4. The normalized spacial score (nSPS) is 10.9. The molecule has 27 heavy (non-hydrogen) atoms. The van der Waals surface area contributed by atoms with Gasteiger partial charge in [-0.3, -0.25) is 10.1 Å². The largest absolute Gasteiger partial charge is 0.486 e. The van der Waals surface area contributed by atoms with Crippen molar-refractivity contribution >= 4 is 28.0 Å².